The second kappa shape index (κ2) is 7.10. The largest absolute Gasteiger partial charge is 0.361 e. The van der Waals surface area contributed by atoms with E-state index >= 15 is 0 Å². The van der Waals surface area contributed by atoms with Gasteiger partial charge >= 0.3 is 6.03 Å². The van der Waals surface area contributed by atoms with E-state index < -0.39 is 6.35 Å². The van der Waals surface area contributed by atoms with E-state index in [9.17, 15) is 9.90 Å². The zero-order chi connectivity index (χ0) is 13.7. The first-order valence-electron chi connectivity index (χ1n) is 7.71. The molecule has 5 nitrogen and oxygen atoms in total. The van der Waals surface area contributed by atoms with Crippen LogP contribution in [-0.4, -0.2) is 34.5 Å². The molecule has 1 unspecified atom stereocenters. The first-order chi connectivity index (χ1) is 9.18. The van der Waals surface area contributed by atoms with Gasteiger partial charge in [-0.3, -0.25) is 11.1 Å². The molecule has 4 N–H and O–H groups in total. The Morgan fingerprint density at radius 3 is 1.79 bits per heavy atom. The Hall–Kier alpha value is -0.810. The molecule has 2 amide bonds. The Morgan fingerprint density at radius 2 is 1.42 bits per heavy atom. The van der Waals surface area contributed by atoms with Crippen molar-refractivity contribution < 1.29 is 9.90 Å². The number of aliphatic hydroxyl groups is 1. The smallest absolute Gasteiger partial charge is 0.320 e. The van der Waals surface area contributed by atoms with Crippen LogP contribution in [0.3, 0.4) is 0 Å². The van der Waals surface area contributed by atoms with Crippen LogP contribution >= 0.6 is 0 Å². The van der Waals surface area contributed by atoms with E-state index in [2.05, 4.69) is 5.32 Å². The van der Waals surface area contributed by atoms with Crippen molar-refractivity contribution in [1.82, 2.24) is 10.2 Å². The molecule has 0 spiro atoms. The Morgan fingerprint density at radius 1 is 1.00 bits per heavy atom. The zero-order valence-corrected chi connectivity index (χ0v) is 11.7. The molecule has 0 radical (unpaired) electrons. The van der Waals surface area contributed by atoms with Gasteiger partial charge in [0.1, 0.15) is 0 Å². The van der Waals surface area contributed by atoms with E-state index in [1.54, 1.807) is 0 Å². The SMILES string of the molecule is NC(O)NC(=O)N(C1CCCCC1)C1CCCCC1. The minimum Gasteiger partial charge on any atom is -0.361 e. The fourth-order valence-corrected chi connectivity index (χ4v) is 3.55. The first-order valence-corrected chi connectivity index (χ1v) is 7.71. The van der Waals surface area contributed by atoms with Crippen molar-refractivity contribution in [2.45, 2.75) is 82.6 Å². The molecule has 0 bridgehead atoms. The van der Waals surface area contributed by atoms with Gasteiger partial charge in [-0.15, -0.1) is 0 Å². The highest BCUT2D eigenvalue weighted by molar-refractivity contribution is 5.75. The number of amides is 2. The second-order valence-corrected chi connectivity index (χ2v) is 5.89. The molecule has 2 fully saturated rings. The molecule has 0 saturated heterocycles. The van der Waals surface area contributed by atoms with Gasteiger partial charge in [-0.05, 0) is 25.7 Å². The maximum atomic E-state index is 12.3. The van der Waals surface area contributed by atoms with E-state index in [0.717, 1.165) is 25.7 Å². The number of hydrogen-bond acceptors (Lipinski definition) is 3. The first kappa shape index (κ1) is 14.6. The summed E-state index contributed by atoms with van der Waals surface area (Å²) < 4.78 is 0. The van der Waals surface area contributed by atoms with Gasteiger partial charge in [0.2, 0.25) is 0 Å². The van der Waals surface area contributed by atoms with Crippen LogP contribution in [0.2, 0.25) is 0 Å². The molecule has 1 atom stereocenters. The number of carbonyl (C=O) groups excluding carboxylic acids is 1. The number of aliphatic hydroxyl groups excluding tert-OH is 1. The van der Waals surface area contributed by atoms with Crippen LogP contribution in [0, 0.1) is 0 Å². The molecular weight excluding hydrogens is 242 g/mol. The summed E-state index contributed by atoms with van der Waals surface area (Å²) in [7, 11) is 0. The van der Waals surface area contributed by atoms with E-state index in [0.29, 0.717) is 12.1 Å². The third-order valence-electron chi connectivity index (χ3n) is 4.44. The number of urea groups is 1. The lowest BCUT2D eigenvalue weighted by Crippen LogP contribution is -2.56. The summed E-state index contributed by atoms with van der Waals surface area (Å²) in [6.45, 7) is 0. The summed E-state index contributed by atoms with van der Waals surface area (Å²) in [4.78, 5) is 14.3. The molecule has 2 saturated carbocycles. The van der Waals surface area contributed by atoms with E-state index in [-0.39, 0.29) is 6.03 Å². The summed E-state index contributed by atoms with van der Waals surface area (Å²) in [5.41, 5.74) is 5.29. The number of carbonyl (C=O) groups is 1. The van der Waals surface area contributed by atoms with E-state index in [1.807, 2.05) is 4.90 Å². The van der Waals surface area contributed by atoms with Crippen molar-refractivity contribution in [3.8, 4) is 0 Å². The third-order valence-corrected chi connectivity index (χ3v) is 4.44. The summed E-state index contributed by atoms with van der Waals surface area (Å²) in [5.74, 6) is 0. The Balaban J connectivity index is 2.04. The van der Waals surface area contributed by atoms with Gasteiger partial charge in [-0.1, -0.05) is 38.5 Å². The average molecular weight is 269 g/mol. The van der Waals surface area contributed by atoms with E-state index in [4.69, 9.17) is 5.73 Å². The number of nitrogens with two attached hydrogens (primary N) is 1. The standard InChI is InChI=1S/C14H27N3O2/c15-13(18)16-14(19)17(11-7-3-1-4-8-11)12-9-5-2-6-10-12/h11-13,18H,1-10,15H2,(H,16,19). The predicted octanol–water partition coefficient (Wildman–Crippen LogP) is 1.90. The molecule has 0 aromatic heterocycles. The number of nitrogens with zero attached hydrogens (tertiary/aromatic N) is 1. The Labute approximate surface area is 115 Å². The lowest BCUT2D eigenvalue weighted by molar-refractivity contribution is 0.0831. The van der Waals surface area contributed by atoms with Gasteiger partial charge in [0.05, 0.1) is 0 Å². The van der Waals surface area contributed by atoms with Gasteiger partial charge in [-0.2, -0.15) is 0 Å². The fourth-order valence-electron chi connectivity index (χ4n) is 3.55. The summed E-state index contributed by atoms with van der Waals surface area (Å²) in [5, 5.41) is 11.6. The normalized spacial score (nSPS) is 23.9. The van der Waals surface area contributed by atoms with Crippen molar-refractivity contribution in [3.05, 3.63) is 0 Å². The number of hydrogen-bond donors (Lipinski definition) is 3. The van der Waals surface area contributed by atoms with Gasteiger partial charge in [0.25, 0.3) is 0 Å². The monoisotopic (exact) mass is 269 g/mol. The second-order valence-electron chi connectivity index (χ2n) is 5.89. The lowest BCUT2D eigenvalue weighted by Gasteiger charge is -2.41. The van der Waals surface area contributed by atoms with Crippen LogP contribution < -0.4 is 11.1 Å². The minimum atomic E-state index is -1.26. The Kier molecular flexibility index (Phi) is 5.45. The fraction of sp³-hybridized carbons (Fsp3) is 0.929. The van der Waals surface area contributed by atoms with Crippen molar-refractivity contribution in [3.63, 3.8) is 0 Å². The van der Waals surface area contributed by atoms with Crippen molar-refractivity contribution in [2.24, 2.45) is 5.73 Å². The van der Waals surface area contributed by atoms with Crippen molar-refractivity contribution in [1.29, 1.82) is 0 Å². The molecular formula is C14H27N3O2. The molecule has 0 aromatic rings. The summed E-state index contributed by atoms with van der Waals surface area (Å²) in [6.07, 6.45) is 10.4. The maximum Gasteiger partial charge on any atom is 0.320 e. The van der Waals surface area contributed by atoms with Gasteiger partial charge in [0.15, 0.2) is 6.35 Å². The highest BCUT2D eigenvalue weighted by Crippen LogP contribution is 2.30. The molecule has 0 aliphatic heterocycles. The predicted molar refractivity (Wildman–Crippen MR) is 74.3 cm³/mol. The quantitative estimate of drug-likeness (QED) is 0.685. The van der Waals surface area contributed by atoms with Crippen LogP contribution in [0.25, 0.3) is 0 Å². The maximum absolute atomic E-state index is 12.3. The zero-order valence-electron chi connectivity index (χ0n) is 11.7. The van der Waals surface area contributed by atoms with Gasteiger partial charge < -0.3 is 10.0 Å². The molecule has 0 aromatic carbocycles. The van der Waals surface area contributed by atoms with Crippen LogP contribution in [0.5, 0.6) is 0 Å². The summed E-state index contributed by atoms with van der Waals surface area (Å²) >= 11 is 0. The van der Waals surface area contributed by atoms with Crippen molar-refractivity contribution in [2.75, 3.05) is 0 Å². The molecule has 2 rings (SSSR count). The van der Waals surface area contributed by atoms with Crippen LogP contribution in [-0.2, 0) is 0 Å². The Bertz CT molecular complexity index is 266. The summed E-state index contributed by atoms with van der Waals surface area (Å²) in [6, 6.07) is 0.472. The van der Waals surface area contributed by atoms with Crippen LogP contribution in [0.15, 0.2) is 0 Å². The molecule has 5 heteroatoms. The molecule has 2 aliphatic rings. The van der Waals surface area contributed by atoms with Crippen molar-refractivity contribution >= 4 is 6.03 Å². The number of nitrogens with one attached hydrogen (secondary N) is 1. The topological polar surface area (TPSA) is 78.6 Å². The number of rotatable bonds is 3. The van der Waals surface area contributed by atoms with Crippen LogP contribution in [0.1, 0.15) is 64.2 Å². The van der Waals surface area contributed by atoms with Gasteiger partial charge in [-0.25, -0.2) is 4.79 Å². The third kappa shape index (κ3) is 4.08. The molecule has 110 valence electrons. The highest BCUT2D eigenvalue weighted by Gasteiger charge is 2.32. The molecule has 2 aliphatic carbocycles. The molecule has 0 heterocycles. The van der Waals surface area contributed by atoms with E-state index in [1.165, 1.54) is 38.5 Å². The van der Waals surface area contributed by atoms with Crippen LogP contribution in [0.4, 0.5) is 4.79 Å². The minimum absolute atomic E-state index is 0.186. The average Bonchev–Trinajstić information content (AvgIpc) is 2.40. The molecule has 19 heavy (non-hydrogen) atoms. The lowest BCUT2D eigenvalue weighted by atomic mass is 9.89. The van der Waals surface area contributed by atoms with Gasteiger partial charge in [0, 0.05) is 12.1 Å². The highest BCUT2D eigenvalue weighted by atomic mass is 16.3.